The largest absolute Gasteiger partial charge is 0.497 e. The van der Waals surface area contributed by atoms with Crippen LogP contribution in [0.15, 0.2) is 29.4 Å². The fraction of sp³-hybridized carbons (Fsp3) is 0.450. The van der Waals surface area contributed by atoms with Gasteiger partial charge in [0.25, 0.3) is 0 Å². The highest BCUT2D eigenvalue weighted by Crippen LogP contribution is 2.55. The third kappa shape index (κ3) is 1.92. The number of fused-ring (bicyclic) bond motifs is 4. The summed E-state index contributed by atoms with van der Waals surface area (Å²) in [6.07, 6.45) is 6.60. The fourth-order valence-electron chi connectivity index (χ4n) is 4.50. The lowest BCUT2D eigenvalue weighted by molar-refractivity contribution is -0.124. The highest BCUT2D eigenvalue weighted by Gasteiger charge is 2.45. The Balaban J connectivity index is 1.90. The van der Waals surface area contributed by atoms with Crippen LogP contribution >= 0.6 is 0 Å². The number of benzene rings is 1. The third-order valence-corrected chi connectivity index (χ3v) is 5.82. The van der Waals surface area contributed by atoms with Gasteiger partial charge < -0.3 is 9.47 Å². The summed E-state index contributed by atoms with van der Waals surface area (Å²) in [5.41, 5.74) is 6.33. The summed E-state index contributed by atoms with van der Waals surface area (Å²) in [5, 5.41) is 0. The molecular formula is C20H22O3. The summed E-state index contributed by atoms with van der Waals surface area (Å²) in [5.74, 6) is 2.12. The summed E-state index contributed by atoms with van der Waals surface area (Å²) in [7, 11) is 3.41. The Bertz CT molecular complexity index is 769. The first-order valence-corrected chi connectivity index (χ1v) is 8.30. The van der Waals surface area contributed by atoms with Crippen molar-refractivity contribution in [2.24, 2.45) is 5.41 Å². The van der Waals surface area contributed by atoms with Crippen molar-refractivity contribution < 1.29 is 14.3 Å². The minimum atomic E-state index is -0.254. The van der Waals surface area contributed by atoms with E-state index in [9.17, 15) is 4.79 Å². The average Bonchev–Trinajstić information content (AvgIpc) is 2.88. The molecule has 3 heteroatoms. The molecule has 3 aliphatic carbocycles. The Labute approximate surface area is 137 Å². The van der Waals surface area contributed by atoms with Crippen LogP contribution in [0.4, 0.5) is 0 Å². The number of ketones is 1. The molecule has 120 valence electrons. The molecule has 0 heterocycles. The fourth-order valence-corrected chi connectivity index (χ4v) is 4.50. The maximum Gasteiger partial charge on any atom is 0.146 e. The lowest BCUT2D eigenvalue weighted by Gasteiger charge is -2.38. The van der Waals surface area contributed by atoms with Crippen LogP contribution < -0.4 is 9.47 Å². The molecule has 0 aromatic heterocycles. The normalized spacial score (nSPS) is 25.5. The number of methoxy groups -OCH3 is 2. The summed E-state index contributed by atoms with van der Waals surface area (Å²) >= 11 is 0. The quantitative estimate of drug-likeness (QED) is 0.825. The highest BCUT2D eigenvalue weighted by molar-refractivity contribution is 5.97. The lowest BCUT2D eigenvalue weighted by atomic mass is 9.65. The van der Waals surface area contributed by atoms with E-state index in [1.165, 1.54) is 27.8 Å². The third-order valence-electron chi connectivity index (χ3n) is 5.82. The van der Waals surface area contributed by atoms with Gasteiger partial charge in [-0.15, -0.1) is 0 Å². The molecule has 0 fully saturated rings. The second-order valence-corrected chi connectivity index (χ2v) is 6.90. The van der Waals surface area contributed by atoms with Gasteiger partial charge in [-0.2, -0.15) is 0 Å². The van der Waals surface area contributed by atoms with Crippen LogP contribution in [0.5, 0.6) is 11.5 Å². The molecular weight excluding hydrogens is 288 g/mol. The predicted molar refractivity (Wildman–Crippen MR) is 89.8 cm³/mol. The Morgan fingerprint density at radius 3 is 2.61 bits per heavy atom. The second kappa shape index (κ2) is 4.98. The van der Waals surface area contributed by atoms with E-state index >= 15 is 0 Å². The van der Waals surface area contributed by atoms with Crippen molar-refractivity contribution in [2.75, 3.05) is 14.2 Å². The van der Waals surface area contributed by atoms with Crippen LogP contribution in [-0.2, 0) is 11.2 Å². The summed E-state index contributed by atoms with van der Waals surface area (Å²) in [6, 6.07) is 4.10. The minimum Gasteiger partial charge on any atom is -0.497 e. The molecule has 1 aromatic carbocycles. The van der Waals surface area contributed by atoms with Crippen molar-refractivity contribution in [2.45, 2.75) is 39.0 Å². The first-order valence-electron chi connectivity index (χ1n) is 8.30. The molecule has 0 unspecified atom stereocenters. The average molecular weight is 310 g/mol. The van der Waals surface area contributed by atoms with Crippen LogP contribution in [0, 0.1) is 5.41 Å². The van der Waals surface area contributed by atoms with Crippen molar-refractivity contribution in [3.8, 4) is 11.5 Å². The van der Waals surface area contributed by atoms with Crippen molar-refractivity contribution >= 4 is 11.4 Å². The minimum absolute atomic E-state index is 0.254. The van der Waals surface area contributed by atoms with Gasteiger partial charge in [0, 0.05) is 18.1 Å². The van der Waals surface area contributed by atoms with Crippen LogP contribution in [-0.4, -0.2) is 20.0 Å². The molecule has 0 bridgehead atoms. The highest BCUT2D eigenvalue weighted by atomic mass is 16.5. The number of carbonyl (C=O) groups excluding carboxylic acids is 1. The predicted octanol–water partition coefficient (Wildman–Crippen LogP) is 4.10. The molecule has 4 rings (SSSR count). The smallest absolute Gasteiger partial charge is 0.146 e. The molecule has 0 N–H and O–H groups in total. The van der Waals surface area contributed by atoms with E-state index in [4.69, 9.17) is 9.47 Å². The van der Waals surface area contributed by atoms with Crippen molar-refractivity contribution in [1.29, 1.82) is 0 Å². The molecule has 0 amide bonds. The zero-order valence-corrected chi connectivity index (χ0v) is 14.0. The van der Waals surface area contributed by atoms with E-state index < -0.39 is 0 Å². The van der Waals surface area contributed by atoms with Gasteiger partial charge >= 0.3 is 0 Å². The maximum absolute atomic E-state index is 12.3. The van der Waals surface area contributed by atoms with Crippen molar-refractivity contribution in [3.05, 3.63) is 40.5 Å². The molecule has 3 aliphatic rings. The number of ether oxygens (including phenoxy) is 2. The van der Waals surface area contributed by atoms with E-state index in [1.54, 1.807) is 14.2 Å². The van der Waals surface area contributed by atoms with Gasteiger partial charge in [-0.1, -0.05) is 6.08 Å². The van der Waals surface area contributed by atoms with E-state index in [-0.39, 0.29) is 5.41 Å². The summed E-state index contributed by atoms with van der Waals surface area (Å²) in [6.45, 7) is 2.12. The van der Waals surface area contributed by atoms with Gasteiger partial charge in [0.15, 0.2) is 0 Å². The van der Waals surface area contributed by atoms with E-state index in [0.717, 1.165) is 37.2 Å². The van der Waals surface area contributed by atoms with E-state index in [1.807, 2.05) is 6.07 Å². The molecule has 0 aliphatic heterocycles. The van der Waals surface area contributed by atoms with Gasteiger partial charge in [-0.25, -0.2) is 0 Å². The van der Waals surface area contributed by atoms with Gasteiger partial charge in [-0.3, -0.25) is 4.79 Å². The zero-order valence-electron chi connectivity index (χ0n) is 14.0. The van der Waals surface area contributed by atoms with Crippen molar-refractivity contribution in [1.82, 2.24) is 0 Å². The van der Waals surface area contributed by atoms with Crippen LogP contribution in [0.1, 0.15) is 43.7 Å². The second-order valence-electron chi connectivity index (χ2n) is 6.90. The molecule has 0 saturated carbocycles. The van der Waals surface area contributed by atoms with Crippen LogP contribution in [0.3, 0.4) is 0 Å². The standard InChI is InChI=1S/C20H22O3/c1-20-9-8-15-14(16(20)6-7-18(20)21)5-4-12-10-13(22-2)11-17(23-3)19(12)15/h6,10-11H,4-5,7-9H2,1-3H3/t20-/m0/s1. The monoisotopic (exact) mass is 310 g/mol. The topological polar surface area (TPSA) is 35.5 Å². The summed E-state index contributed by atoms with van der Waals surface area (Å²) < 4.78 is 11.1. The van der Waals surface area contributed by atoms with Gasteiger partial charge in [0.1, 0.15) is 17.3 Å². The first kappa shape index (κ1) is 14.6. The van der Waals surface area contributed by atoms with Gasteiger partial charge in [0.05, 0.1) is 19.6 Å². The number of allylic oxidation sites excluding steroid dienone is 4. The number of aryl methyl sites for hydroxylation is 1. The number of rotatable bonds is 2. The number of carbonyl (C=O) groups is 1. The Morgan fingerprint density at radius 2 is 1.87 bits per heavy atom. The van der Waals surface area contributed by atoms with Crippen LogP contribution in [0.2, 0.25) is 0 Å². The number of Topliss-reactive ketones (excluding diaryl/α,β-unsaturated/α-hetero) is 1. The van der Waals surface area contributed by atoms with E-state index in [2.05, 4.69) is 19.1 Å². The molecule has 23 heavy (non-hydrogen) atoms. The number of hydrogen-bond acceptors (Lipinski definition) is 3. The zero-order chi connectivity index (χ0) is 16.2. The van der Waals surface area contributed by atoms with Crippen LogP contribution in [0.25, 0.3) is 5.57 Å². The SMILES string of the molecule is COc1cc2c(c(OC)c1)C1=C(CC2)C2=CCC(=O)[C@@]2(C)CC1. The molecule has 1 aromatic rings. The molecule has 0 saturated heterocycles. The van der Waals surface area contributed by atoms with Crippen molar-refractivity contribution in [3.63, 3.8) is 0 Å². The Kier molecular flexibility index (Phi) is 3.15. The lowest BCUT2D eigenvalue weighted by Crippen LogP contribution is -2.30. The molecule has 1 atom stereocenters. The first-order chi connectivity index (χ1) is 11.1. The molecule has 0 radical (unpaired) electrons. The van der Waals surface area contributed by atoms with E-state index in [0.29, 0.717) is 12.2 Å². The molecule has 3 nitrogen and oxygen atoms in total. The maximum atomic E-state index is 12.3. The van der Waals surface area contributed by atoms with Gasteiger partial charge in [0.2, 0.25) is 0 Å². The Morgan fingerprint density at radius 1 is 1.04 bits per heavy atom. The van der Waals surface area contributed by atoms with Gasteiger partial charge in [-0.05, 0) is 61.0 Å². The molecule has 0 spiro atoms. The Hall–Kier alpha value is -2.03. The number of hydrogen-bond donors (Lipinski definition) is 0. The summed E-state index contributed by atoms with van der Waals surface area (Å²) in [4.78, 5) is 12.3.